The smallest absolute Gasteiger partial charge is 0.379 e. The average Bonchev–Trinajstić information content (AvgIpc) is 3.42. The van der Waals surface area contributed by atoms with Crippen LogP contribution in [0.25, 0.3) is 0 Å². The van der Waals surface area contributed by atoms with Crippen molar-refractivity contribution in [1.82, 2.24) is 5.32 Å². The summed E-state index contributed by atoms with van der Waals surface area (Å²) in [6.07, 6.45) is 15.2. The molecule has 9 atom stereocenters. The predicted octanol–water partition coefficient (Wildman–Crippen LogP) is 11.8. The van der Waals surface area contributed by atoms with Gasteiger partial charge in [-0.15, -0.1) is 6.58 Å². The summed E-state index contributed by atoms with van der Waals surface area (Å²) in [5.41, 5.74) is 0.395. The van der Waals surface area contributed by atoms with Crippen LogP contribution in [-0.2, 0) is 19.1 Å². The lowest BCUT2D eigenvalue weighted by Crippen LogP contribution is -2.66. The number of carbonyl (C=O) groups excluding carboxylic acids is 2. The highest BCUT2D eigenvalue weighted by Gasteiger charge is 2.70. The molecule has 9 heteroatoms. The van der Waals surface area contributed by atoms with Gasteiger partial charge in [-0.3, -0.25) is 14.4 Å². The number of aliphatic carboxylic acids is 1. The molecule has 0 heterocycles. The van der Waals surface area contributed by atoms with Crippen LogP contribution >= 0.6 is 0 Å². The second kappa shape index (κ2) is 18.5. The molecule has 0 aromatic heterocycles. The molecule has 0 aromatic carbocycles. The van der Waals surface area contributed by atoms with E-state index in [-0.39, 0.29) is 49.1 Å². The Morgan fingerprint density at radius 1 is 0.865 bits per heavy atom. The summed E-state index contributed by atoms with van der Waals surface area (Å²) in [5.74, 6) is 1.61. The number of fused-ring (bicyclic) bond motifs is 7. The van der Waals surface area contributed by atoms with Gasteiger partial charge in [0.2, 0.25) is 5.91 Å². The van der Waals surface area contributed by atoms with E-state index in [9.17, 15) is 32.7 Å². The summed E-state index contributed by atoms with van der Waals surface area (Å²) in [5, 5.41) is 12.5. The maximum absolute atomic E-state index is 13.1. The Labute approximate surface area is 315 Å². The Morgan fingerprint density at radius 3 is 1.98 bits per heavy atom. The SMILES string of the molecule is C.C=CC.CC.CC(=O)NCC12CCC[C@@H]1C1CCC3C4(C)CCC(OC(=O)CC(C)(C)CC(=O)O)C(C)(C)C4CCC3(C)[C@]1(C)CC2.FC(F)F. The van der Waals surface area contributed by atoms with Crippen molar-refractivity contribution in [3.63, 3.8) is 0 Å². The number of esters is 1. The summed E-state index contributed by atoms with van der Waals surface area (Å²) in [6.45, 7) is 24.4. The van der Waals surface area contributed by atoms with E-state index in [0.29, 0.717) is 28.1 Å². The lowest BCUT2D eigenvalue weighted by Gasteiger charge is -2.72. The third-order valence-electron chi connectivity index (χ3n) is 14.7. The maximum atomic E-state index is 13.1. The summed E-state index contributed by atoms with van der Waals surface area (Å²) in [6, 6.07) is 0. The number of alkyl halides is 3. The van der Waals surface area contributed by atoms with Crippen LogP contribution in [0.15, 0.2) is 12.7 Å². The highest BCUT2D eigenvalue weighted by Crippen LogP contribution is 2.76. The molecule has 0 spiro atoms. The van der Waals surface area contributed by atoms with E-state index in [1.165, 1.54) is 57.8 Å². The number of rotatable bonds is 7. The molecule has 0 aromatic rings. The molecule has 304 valence electrons. The number of ether oxygens (including phenoxy) is 1. The zero-order valence-electron chi connectivity index (χ0n) is 33.9. The molecule has 6 nitrogen and oxygen atoms in total. The Morgan fingerprint density at radius 2 is 1.44 bits per heavy atom. The molecule has 52 heavy (non-hydrogen) atoms. The fraction of sp³-hybridized carbons (Fsp3) is 0.884. The van der Waals surface area contributed by atoms with Gasteiger partial charge in [0.05, 0.1) is 12.8 Å². The van der Waals surface area contributed by atoms with Crippen molar-refractivity contribution in [1.29, 1.82) is 0 Å². The van der Waals surface area contributed by atoms with Gasteiger partial charge in [-0.1, -0.05) is 82.2 Å². The van der Waals surface area contributed by atoms with E-state index in [1.54, 1.807) is 13.0 Å². The van der Waals surface area contributed by atoms with Crippen LogP contribution in [-0.4, -0.2) is 42.3 Å². The summed E-state index contributed by atoms with van der Waals surface area (Å²) < 4.78 is 35.2. The number of carboxylic acid groups (broad SMARTS) is 1. The molecule has 0 radical (unpaired) electrons. The minimum absolute atomic E-state index is 0. The average molecular weight is 744 g/mol. The first-order valence-corrected chi connectivity index (χ1v) is 19.7. The van der Waals surface area contributed by atoms with Gasteiger partial charge in [-0.05, 0) is 122 Å². The molecule has 5 fully saturated rings. The molecule has 5 rings (SSSR count). The van der Waals surface area contributed by atoms with Crippen molar-refractivity contribution >= 4 is 17.8 Å². The van der Waals surface area contributed by atoms with E-state index in [4.69, 9.17) is 4.74 Å². The molecule has 0 saturated heterocycles. The Balaban J connectivity index is 0.00000123. The van der Waals surface area contributed by atoms with Gasteiger partial charge in [0, 0.05) is 18.9 Å². The highest BCUT2D eigenvalue weighted by atomic mass is 19.4. The summed E-state index contributed by atoms with van der Waals surface area (Å²) >= 11 is 0. The van der Waals surface area contributed by atoms with E-state index in [1.807, 2.05) is 34.6 Å². The first kappa shape index (κ1) is 48.0. The van der Waals surface area contributed by atoms with Crippen molar-refractivity contribution in [2.75, 3.05) is 6.54 Å². The number of carboxylic acids is 1. The normalized spacial score (nSPS) is 36.7. The van der Waals surface area contributed by atoms with Crippen LogP contribution in [0.5, 0.6) is 0 Å². The largest absolute Gasteiger partial charge is 0.481 e. The third-order valence-corrected chi connectivity index (χ3v) is 14.7. The van der Waals surface area contributed by atoms with Gasteiger partial charge in [0.25, 0.3) is 0 Å². The predicted molar refractivity (Wildman–Crippen MR) is 206 cm³/mol. The van der Waals surface area contributed by atoms with Crippen molar-refractivity contribution in [3.05, 3.63) is 12.7 Å². The van der Waals surface area contributed by atoms with Crippen LogP contribution in [0.1, 0.15) is 167 Å². The molecule has 5 saturated carbocycles. The van der Waals surface area contributed by atoms with E-state index in [2.05, 4.69) is 46.5 Å². The molecule has 0 bridgehead atoms. The zero-order valence-corrected chi connectivity index (χ0v) is 33.9. The standard InChI is InChI=1S/C36H59NO5.C3H6.C2H6.CHF3.CH4/c1-23(38)37-22-36-15-9-10-25(36)24-11-12-27-33(6)16-14-28(42-30(41)21-31(2,3)20-29(39)40)32(4,5)26(33)13-17-35(27,8)34(24,7)18-19-36;1-3-2;1-2;2-1(3)4;/h24-28H,9-22H2,1-8H3,(H,37,38)(H,39,40);3H,1H2,2H3;1-2H3;1H;1H4/t24?,25-,26?,27?,28?,33?,34-,35?,36?;;;;/m1..../s1. The van der Waals surface area contributed by atoms with E-state index >= 15 is 0 Å². The fourth-order valence-corrected chi connectivity index (χ4v) is 12.6. The van der Waals surface area contributed by atoms with Gasteiger partial charge in [-0.25, -0.2) is 0 Å². The molecule has 5 aliphatic rings. The molecule has 5 aliphatic carbocycles. The monoisotopic (exact) mass is 744 g/mol. The minimum atomic E-state index is -3.67. The van der Waals surface area contributed by atoms with E-state index < -0.39 is 18.1 Å². The topological polar surface area (TPSA) is 92.7 Å². The van der Waals surface area contributed by atoms with Gasteiger partial charge >= 0.3 is 18.6 Å². The van der Waals surface area contributed by atoms with Crippen molar-refractivity contribution in [2.45, 2.75) is 180 Å². The highest BCUT2D eigenvalue weighted by molar-refractivity contribution is 5.73. The maximum Gasteiger partial charge on any atom is 0.379 e. The first-order chi connectivity index (χ1) is 23.5. The fourth-order valence-electron chi connectivity index (χ4n) is 12.6. The number of halogens is 3. The Hall–Kier alpha value is -2.06. The van der Waals surface area contributed by atoms with Gasteiger partial charge in [0.15, 0.2) is 0 Å². The molecule has 7 unspecified atom stereocenters. The molecule has 1 amide bonds. The number of amides is 1. The molecular weight excluding hydrogens is 667 g/mol. The number of nitrogens with one attached hydrogen (secondary N) is 1. The van der Waals surface area contributed by atoms with Gasteiger partial charge in [-0.2, -0.15) is 13.2 Å². The molecule has 2 N–H and O–H groups in total. The first-order valence-electron chi connectivity index (χ1n) is 19.7. The Bertz CT molecular complexity index is 1200. The van der Waals surface area contributed by atoms with Gasteiger partial charge in [0.1, 0.15) is 6.10 Å². The zero-order chi connectivity index (χ0) is 39.2. The van der Waals surface area contributed by atoms with Crippen molar-refractivity contribution < 1.29 is 37.4 Å². The van der Waals surface area contributed by atoms with Crippen LogP contribution in [0.4, 0.5) is 13.2 Å². The van der Waals surface area contributed by atoms with Crippen LogP contribution in [0.3, 0.4) is 0 Å². The van der Waals surface area contributed by atoms with Crippen molar-refractivity contribution in [2.24, 2.45) is 56.2 Å². The quantitative estimate of drug-likeness (QED) is 0.200. The lowest BCUT2D eigenvalue weighted by atomic mass is 9.32. The molecular formula is C43H76F3NO5. The minimum Gasteiger partial charge on any atom is -0.481 e. The second-order valence-corrected chi connectivity index (χ2v) is 18.3. The number of hydrogen-bond acceptors (Lipinski definition) is 4. The lowest BCUT2D eigenvalue weighted by molar-refractivity contribution is -0.248. The van der Waals surface area contributed by atoms with Crippen molar-refractivity contribution in [3.8, 4) is 0 Å². The summed E-state index contributed by atoms with van der Waals surface area (Å²) in [7, 11) is 0. The van der Waals surface area contributed by atoms with Crippen LogP contribution < -0.4 is 5.32 Å². The molecule has 0 aliphatic heterocycles. The van der Waals surface area contributed by atoms with Crippen LogP contribution in [0, 0.1) is 56.2 Å². The Kier molecular flexibility index (Phi) is 17.1. The van der Waals surface area contributed by atoms with Gasteiger partial charge < -0.3 is 15.2 Å². The third kappa shape index (κ3) is 9.78. The van der Waals surface area contributed by atoms with Crippen LogP contribution in [0.2, 0.25) is 0 Å². The second-order valence-electron chi connectivity index (χ2n) is 18.3. The van der Waals surface area contributed by atoms with E-state index in [0.717, 1.165) is 31.2 Å². The summed E-state index contributed by atoms with van der Waals surface area (Å²) in [4.78, 5) is 36.3. The number of carbonyl (C=O) groups is 3. The number of hydrogen-bond donors (Lipinski definition) is 2. The number of allylic oxidation sites excluding steroid dienone is 1.